The lowest BCUT2D eigenvalue weighted by molar-refractivity contribution is 0.0984. The first-order chi connectivity index (χ1) is 15.1. The minimum atomic E-state index is -0.0731. The normalized spacial score (nSPS) is 12.8. The Hall–Kier alpha value is -3.47. The van der Waals surface area contributed by atoms with Crippen molar-refractivity contribution >= 4 is 11.6 Å². The van der Waals surface area contributed by atoms with Gasteiger partial charge in [0.2, 0.25) is 5.75 Å². The lowest BCUT2D eigenvalue weighted by atomic mass is 9.98. The Morgan fingerprint density at radius 2 is 1.68 bits per heavy atom. The second kappa shape index (κ2) is 9.13. The van der Waals surface area contributed by atoms with Crippen LogP contribution in [0, 0.1) is 6.92 Å². The fraction of sp³-hybridized carbons (Fsp3) is 0.269. The minimum absolute atomic E-state index is 0.0731. The van der Waals surface area contributed by atoms with Crippen LogP contribution in [0.4, 0.5) is 5.69 Å². The summed E-state index contributed by atoms with van der Waals surface area (Å²) in [5.41, 5.74) is 4.93. The van der Waals surface area contributed by atoms with Crippen molar-refractivity contribution in [3.63, 3.8) is 0 Å². The monoisotopic (exact) mass is 417 g/mol. The molecule has 5 heteroatoms. The molecule has 0 atom stereocenters. The van der Waals surface area contributed by atoms with E-state index < -0.39 is 0 Å². The summed E-state index contributed by atoms with van der Waals surface area (Å²) in [7, 11) is 3.13. The summed E-state index contributed by atoms with van der Waals surface area (Å²) in [6.07, 6.45) is 1.93. The zero-order chi connectivity index (χ0) is 21.8. The molecule has 0 spiro atoms. The summed E-state index contributed by atoms with van der Waals surface area (Å²) < 4.78 is 17.1. The van der Waals surface area contributed by atoms with Gasteiger partial charge in [-0.2, -0.15) is 0 Å². The van der Waals surface area contributed by atoms with Gasteiger partial charge in [0.1, 0.15) is 6.61 Å². The molecule has 1 heterocycles. The zero-order valence-electron chi connectivity index (χ0n) is 18.2. The quantitative estimate of drug-likeness (QED) is 0.554. The molecular formula is C26H27NO4. The van der Waals surface area contributed by atoms with Crippen molar-refractivity contribution in [1.29, 1.82) is 0 Å². The van der Waals surface area contributed by atoms with Crippen molar-refractivity contribution in [3.05, 3.63) is 82.9 Å². The molecular weight excluding hydrogens is 390 g/mol. The average Bonchev–Trinajstić information content (AvgIpc) is 2.81. The van der Waals surface area contributed by atoms with Gasteiger partial charge in [0, 0.05) is 17.8 Å². The van der Waals surface area contributed by atoms with E-state index in [-0.39, 0.29) is 5.91 Å². The standard InChI is InChI=1S/C26H27NO4/c1-18-11-12-22-20(14-18)10-7-13-27(22)26(28)21-15-23(29-2)25(24(16-21)30-3)31-17-19-8-5-4-6-9-19/h4-6,8-9,11-12,14-16H,7,10,13,17H2,1-3H3. The van der Waals surface area contributed by atoms with Gasteiger partial charge in [0.25, 0.3) is 5.91 Å². The van der Waals surface area contributed by atoms with E-state index in [4.69, 9.17) is 14.2 Å². The SMILES string of the molecule is COc1cc(C(=O)N2CCCc3cc(C)ccc32)cc(OC)c1OCc1ccccc1. The molecule has 0 radical (unpaired) electrons. The van der Waals surface area contributed by atoms with Crippen molar-refractivity contribution in [3.8, 4) is 17.2 Å². The van der Waals surface area contributed by atoms with Crippen molar-refractivity contribution in [2.75, 3.05) is 25.7 Å². The Bertz CT molecular complexity index is 1050. The Kier molecular flexibility index (Phi) is 6.12. The number of rotatable bonds is 6. The van der Waals surface area contributed by atoms with Crippen LogP contribution in [0.15, 0.2) is 60.7 Å². The third kappa shape index (κ3) is 4.36. The van der Waals surface area contributed by atoms with Crippen LogP contribution in [0.5, 0.6) is 17.2 Å². The van der Waals surface area contributed by atoms with E-state index in [2.05, 4.69) is 13.0 Å². The molecule has 0 bridgehead atoms. The number of carbonyl (C=O) groups excluding carboxylic acids is 1. The van der Waals surface area contributed by atoms with Gasteiger partial charge in [0.05, 0.1) is 14.2 Å². The van der Waals surface area contributed by atoms with Gasteiger partial charge >= 0.3 is 0 Å². The van der Waals surface area contributed by atoms with E-state index in [9.17, 15) is 4.79 Å². The highest BCUT2D eigenvalue weighted by atomic mass is 16.5. The maximum atomic E-state index is 13.4. The fourth-order valence-electron chi connectivity index (χ4n) is 3.97. The first-order valence-electron chi connectivity index (χ1n) is 10.4. The van der Waals surface area contributed by atoms with E-state index >= 15 is 0 Å². The lowest BCUT2D eigenvalue weighted by Gasteiger charge is -2.30. The number of amides is 1. The maximum absolute atomic E-state index is 13.4. The van der Waals surface area contributed by atoms with Crippen LogP contribution in [-0.4, -0.2) is 26.7 Å². The number of benzene rings is 3. The molecule has 3 aromatic carbocycles. The first-order valence-corrected chi connectivity index (χ1v) is 10.4. The third-order valence-corrected chi connectivity index (χ3v) is 5.53. The van der Waals surface area contributed by atoms with Crippen LogP contribution < -0.4 is 19.1 Å². The molecule has 0 unspecified atom stereocenters. The van der Waals surface area contributed by atoms with Crippen molar-refractivity contribution in [1.82, 2.24) is 0 Å². The van der Waals surface area contributed by atoms with Gasteiger partial charge in [-0.25, -0.2) is 0 Å². The van der Waals surface area contributed by atoms with E-state index in [0.717, 1.165) is 24.1 Å². The second-order valence-electron chi connectivity index (χ2n) is 7.68. The number of fused-ring (bicyclic) bond motifs is 1. The van der Waals surface area contributed by atoms with Crippen LogP contribution in [0.3, 0.4) is 0 Å². The average molecular weight is 418 g/mol. The number of ether oxygens (including phenoxy) is 3. The van der Waals surface area contributed by atoms with E-state index in [1.807, 2.05) is 47.4 Å². The molecule has 0 fully saturated rings. The highest BCUT2D eigenvalue weighted by molar-refractivity contribution is 6.07. The molecule has 3 aromatic rings. The number of hydrogen-bond donors (Lipinski definition) is 0. The summed E-state index contributed by atoms with van der Waals surface area (Å²) in [6.45, 7) is 3.14. The molecule has 0 aliphatic carbocycles. The number of hydrogen-bond acceptors (Lipinski definition) is 4. The molecule has 31 heavy (non-hydrogen) atoms. The molecule has 4 rings (SSSR count). The number of carbonyl (C=O) groups is 1. The first kappa shape index (κ1) is 20.8. The van der Waals surface area contributed by atoms with Crippen LogP contribution in [0.1, 0.15) is 33.5 Å². The highest BCUT2D eigenvalue weighted by Gasteiger charge is 2.26. The third-order valence-electron chi connectivity index (χ3n) is 5.53. The summed E-state index contributed by atoms with van der Waals surface area (Å²) in [4.78, 5) is 15.3. The van der Waals surface area contributed by atoms with Crippen LogP contribution in [0.25, 0.3) is 0 Å². The summed E-state index contributed by atoms with van der Waals surface area (Å²) in [5.74, 6) is 1.36. The van der Waals surface area contributed by atoms with E-state index in [1.165, 1.54) is 11.1 Å². The van der Waals surface area contributed by atoms with Gasteiger partial charge in [-0.3, -0.25) is 4.79 Å². The Morgan fingerprint density at radius 1 is 0.968 bits per heavy atom. The van der Waals surface area contributed by atoms with Gasteiger partial charge < -0.3 is 19.1 Å². The van der Waals surface area contributed by atoms with E-state index in [1.54, 1.807) is 26.4 Å². The molecule has 1 aliphatic heterocycles. The summed E-state index contributed by atoms with van der Waals surface area (Å²) in [6, 6.07) is 19.6. The molecule has 160 valence electrons. The van der Waals surface area contributed by atoms with Crippen molar-refractivity contribution in [2.45, 2.75) is 26.4 Å². The Labute approximate surface area is 183 Å². The molecule has 1 aliphatic rings. The maximum Gasteiger partial charge on any atom is 0.258 e. The van der Waals surface area contributed by atoms with Crippen LogP contribution in [0.2, 0.25) is 0 Å². The predicted molar refractivity (Wildman–Crippen MR) is 121 cm³/mol. The van der Waals surface area contributed by atoms with Crippen molar-refractivity contribution < 1.29 is 19.0 Å². The lowest BCUT2D eigenvalue weighted by Crippen LogP contribution is -2.35. The highest BCUT2D eigenvalue weighted by Crippen LogP contribution is 2.40. The van der Waals surface area contributed by atoms with Crippen LogP contribution >= 0.6 is 0 Å². The number of nitrogens with zero attached hydrogens (tertiary/aromatic N) is 1. The number of methoxy groups -OCH3 is 2. The molecule has 0 saturated carbocycles. The largest absolute Gasteiger partial charge is 0.493 e. The summed E-state index contributed by atoms with van der Waals surface area (Å²) in [5, 5.41) is 0. The molecule has 0 N–H and O–H groups in total. The molecule has 5 nitrogen and oxygen atoms in total. The number of anilines is 1. The van der Waals surface area contributed by atoms with Gasteiger partial charge in [-0.1, -0.05) is 48.0 Å². The van der Waals surface area contributed by atoms with Gasteiger partial charge in [0.15, 0.2) is 11.5 Å². The zero-order valence-corrected chi connectivity index (χ0v) is 18.2. The predicted octanol–water partition coefficient (Wildman–Crippen LogP) is 5.18. The Morgan fingerprint density at radius 3 is 2.35 bits per heavy atom. The fourth-order valence-corrected chi connectivity index (χ4v) is 3.97. The minimum Gasteiger partial charge on any atom is -0.493 e. The second-order valence-corrected chi connectivity index (χ2v) is 7.68. The van der Waals surface area contributed by atoms with Gasteiger partial charge in [-0.05, 0) is 49.1 Å². The smallest absolute Gasteiger partial charge is 0.258 e. The number of aryl methyl sites for hydroxylation is 2. The Balaban J connectivity index is 1.64. The van der Waals surface area contributed by atoms with Crippen LogP contribution in [-0.2, 0) is 13.0 Å². The topological polar surface area (TPSA) is 48.0 Å². The van der Waals surface area contributed by atoms with E-state index in [0.29, 0.717) is 36.0 Å². The summed E-state index contributed by atoms with van der Waals surface area (Å²) >= 11 is 0. The van der Waals surface area contributed by atoms with Crippen molar-refractivity contribution in [2.24, 2.45) is 0 Å². The molecule has 1 amide bonds. The van der Waals surface area contributed by atoms with Gasteiger partial charge in [-0.15, -0.1) is 0 Å². The molecule has 0 saturated heterocycles. The molecule has 0 aromatic heterocycles.